The Morgan fingerprint density at radius 2 is 2.30 bits per heavy atom. The molecule has 2 aliphatic heterocycles. The molecule has 2 heteroatoms. The number of hydrogen-bond acceptors (Lipinski definition) is 2. The fourth-order valence-corrected chi connectivity index (χ4v) is 2.18. The van der Waals surface area contributed by atoms with E-state index in [0.717, 1.165) is 25.3 Å². The molecular weight excluding hydrogens is 124 g/mol. The van der Waals surface area contributed by atoms with Crippen molar-refractivity contribution in [3.05, 3.63) is 0 Å². The summed E-state index contributed by atoms with van der Waals surface area (Å²) in [7, 11) is 2.07. The molecule has 2 bridgehead atoms. The van der Waals surface area contributed by atoms with Gasteiger partial charge in [-0.25, -0.2) is 0 Å². The van der Waals surface area contributed by atoms with Crippen molar-refractivity contribution in [1.29, 1.82) is 5.26 Å². The van der Waals surface area contributed by atoms with Crippen LogP contribution in [0.4, 0.5) is 0 Å². The Labute approximate surface area is 61.4 Å². The first kappa shape index (κ1) is 6.18. The van der Waals surface area contributed by atoms with Gasteiger partial charge in [-0.3, -0.25) is 4.90 Å². The summed E-state index contributed by atoms with van der Waals surface area (Å²) in [6.45, 7) is 1.12. The molecule has 2 heterocycles. The van der Waals surface area contributed by atoms with E-state index in [1.165, 1.54) is 6.42 Å². The Morgan fingerprint density at radius 3 is 2.70 bits per heavy atom. The van der Waals surface area contributed by atoms with Crippen LogP contribution >= 0.6 is 0 Å². The zero-order valence-corrected chi connectivity index (χ0v) is 6.30. The van der Waals surface area contributed by atoms with Gasteiger partial charge in [-0.05, 0) is 38.8 Å². The molecule has 1 saturated carbocycles. The molecular formula is C8H12N2. The lowest BCUT2D eigenvalue weighted by Crippen LogP contribution is -2.59. The minimum atomic E-state index is -0.0388. The standard InChI is InChI=1S/C8H12N2/c1-10-3-2-7-4-8(10,5-7)6-9/h7H,2-5H2,1H3. The highest BCUT2D eigenvalue weighted by Crippen LogP contribution is 2.47. The van der Waals surface area contributed by atoms with Gasteiger partial charge in [-0.2, -0.15) is 5.26 Å². The van der Waals surface area contributed by atoms with Crippen molar-refractivity contribution in [2.24, 2.45) is 5.92 Å². The molecule has 54 valence electrons. The molecule has 0 unspecified atom stereocenters. The van der Waals surface area contributed by atoms with Crippen molar-refractivity contribution in [3.63, 3.8) is 0 Å². The van der Waals surface area contributed by atoms with Gasteiger partial charge in [-0.1, -0.05) is 0 Å². The van der Waals surface area contributed by atoms with E-state index in [4.69, 9.17) is 5.26 Å². The maximum atomic E-state index is 8.87. The van der Waals surface area contributed by atoms with E-state index in [1.807, 2.05) is 0 Å². The molecule has 1 aliphatic carbocycles. The SMILES string of the molecule is CN1CCC2CC1(C#N)C2. The Bertz CT molecular complexity index is 186. The van der Waals surface area contributed by atoms with Crippen LogP contribution in [0.1, 0.15) is 19.3 Å². The maximum Gasteiger partial charge on any atom is 0.109 e. The monoisotopic (exact) mass is 136 g/mol. The van der Waals surface area contributed by atoms with E-state index < -0.39 is 0 Å². The molecule has 0 aromatic heterocycles. The zero-order chi connectivity index (χ0) is 7.19. The molecule has 10 heavy (non-hydrogen) atoms. The van der Waals surface area contributed by atoms with Crippen molar-refractivity contribution < 1.29 is 0 Å². The Kier molecular flexibility index (Phi) is 1.07. The van der Waals surface area contributed by atoms with E-state index in [1.54, 1.807) is 0 Å². The topological polar surface area (TPSA) is 27.0 Å². The summed E-state index contributed by atoms with van der Waals surface area (Å²) in [6, 6.07) is 2.42. The Balaban J connectivity index is 2.19. The first-order valence-electron chi connectivity index (χ1n) is 3.89. The largest absolute Gasteiger partial charge is 0.289 e. The van der Waals surface area contributed by atoms with Crippen molar-refractivity contribution in [2.75, 3.05) is 13.6 Å². The third kappa shape index (κ3) is 0.564. The van der Waals surface area contributed by atoms with Crippen LogP contribution in [0, 0.1) is 17.2 Å². The van der Waals surface area contributed by atoms with E-state index in [9.17, 15) is 0 Å². The normalized spacial score (nSPS) is 45.8. The predicted octanol–water partition coefficient (Wildman–Crippen LogP) is 0.994. The summed E-state index contributed by atoms with van der Waals surface area (Å²) in [6.07, 6.45) is 3.56. The highest BCUT2D eigenvalue weighted by Gasteiger charge is 2.50. The van der Waals surface area contributed by atoms with Crippen LogP contribution in [0.15, 0.2) is 0 Å². The van der Waals surface area contributed by atoms with Crippen LogP contribution in [-0.2, 0) is 0 Å². The average molecular weight is 136 g/mol. The first-order valence-corrected chi connectivity index (χ1v) is 3.89. The van der Waals surface area contributed by atoms with Crippen LogP contribution in [0.25, 0.3) is 0 Å². The molecule has 0 aromatic carbocycles. The fraction of sp³-hybridized carbons (Fsp3) is 0.875. The summed E-state index contributed by atoms with van der Waals surface area (Å²) in [5.74, 6) is 0.871. The highest BCUT2D eigenvalue weighted by molar-refractivity contribution is 5.18. The van der Waals surface area contributed by atoms with Gasteiger partial charge in [0.1, 0.15) is 5.54 Å². The summed E-state index contributed by atoms with van der Waals surface area (Å²) >= 11 is 0. The fourth-order valence-electron chi connectivity index (χ4n) is 2.18. The molecule has 2 saturated heterocycles. The molecule has 0 aromatic rings. The smallest absolute Gasteiger partial charge is 0.109 e. The lowest BCUT2D eigenvalue weighted by molar-refractivity contribution is -0.0195. The highest BCUT2D eigenvalue weighted by atomic mass is 15.2. The van der Waals surface area contributed by atoms with Crippen LogP contribution in [0.5, 0.6) is 0 Å². The van der Waals surface area contributed by atoms with Gasteiger partial charge in [0.05, 0.1) is 6.07 Å². The van der Waals surface area contributed by atoms with Gasteiger partial charge < -0.3 is 0 Å². The maximum absolute atomic E-state index is 8.87. The Hall–Kier alpha value is -0.550. The second-order valence-corrected chi connectivity index (χ2v) is 3.63. The van der Waals surface area contributed by atoms with Gasteiger partial charge in [0, 0.05) is 0 Å². The number of nitriles is 1. The van der Waals surface area contributed by atoms with E-state index in [0.29, 0.717) is 0 Å². The number of hydrogen-bond donors (Lipinski definition) is 0. The molecule has 0 amide bonds. The van der Waals surface area contributed by atoms with E-state index >= 15 is 0 Å². The van der Waals surface area contributed by atoms with Crippen LogP contribution in [0.2, 0.25) is 0 Å². The van der Waals surface area contributed by atoms with E-state index in [2.05, 4.69) is 18.0 Å². The summed E-state index contributed by atoms with van der Waals surface area (Å²) in [5, 5.41) is 8.87. The van der Waals surface area contributed by atoms with Gasteiger partial charge >= 0.3 is 0 Å². The lowest BCUT2D eigenvalue weighted by Gasteiger charge is -2.53. The third-order valence-corrected chi connectivity index (χ3v) is 3.06. The lowest BCUT2D eigenvalue weighted by atomic mass is 9.64. The second-order valence-electron chi connectivity index (χ2n) is 3.63. The van der Waals surface area contributed by atoms with Crippen LogP contribution < -0.4 is 0 Å². The van der Waals surface area contributed by atoms with Crippen LogP contribution in [0.3, 0.4) is 0 Å². The predicted molar refractivity (Wildman–Crippen MR) is 38.3 cm³/mol. The van der Waals surface area contributed by atoms with Crippen molar-refractivity contribution >= 4 is 0 Å². The molecule has 2 nitrogen and oxygen atoms in total. The average Bonchev–Trinajstić information content (AvgIpc) is 1.86. The van der Waals surface area contributed by atoms with Gasteiger partial charge in [0.15, 0.2) is 0 Å². The number of rotatable bonds is 0. The molecule has 0 N–H and O–H groups in total. The number of nitrogens with zero attached hydrogens (tertiary/aromatic N) is 2. The van der Waals surface area contributed by atoms with E-state index in [-0.39, 0.29) is 5.54 Å². The molecule has 0 radical (unpaired) electrons. The molecule has 3 fully saturated rings. The quantitative estimate of drug-likeness (QED) is 0.496. The molecule has 0 spiro atoms. The molecule has 0 atom stereocenters. The van der Waals surface area contributed by atoms with Gasteiger partial charge in [-0.15, -0.1) is 0 Å². The van der Waals surface area contributed by atoms with Crippen molar-refractivity contribution in [1.82, 2.24) is 4.90 Å². The first-order chi connectivity index (χ1) is 4.77. The Morgan fingerprint density at radius 1 is 1.60 bits per heavy atom. The summed E-state index contributed by atoms with van der Waals surface area (Å²) < 4.78 is 0. The third-order valence-electron chi connectivity index (χ3n) is 3.06. The van der Waals surface area contributed by atoms with Gasteiger partial charge in [0.2, 0.25) is 0 Å². The zero-order valence-electron chi connectivity index (χ0n) is 6.30. The molecule has 3 rings (SSSR count). The van der Waals surface area contributed by atoms with Crippen molar-refractivity contribution in [3.8, 4) is 6.07 Å². The van der Waals surface area contributed by atoms with Crippen molar-refractivity contribution in [2.45, 2.75) is 24.8 Å². The van der Waals surface area contributed by atoms with Gasteiger partial charge in [0.25, 0.3) is 0 Å². The minimum absolute atomic E-state index is 0.0388. The summed E-state index contributed by atoms with van der Waals surface area (Å²) in [5.41, 5.74) is -0.0388. The number of fused-ring (bicyclic) bond motifs is 2. The minimum Gasteiger partial charge on any atom is -0.289 e. The second kappa shape index (κ2) is 1.73. The summed E-state index contributed by atoms with van der Waals surface area (Å²) in [4.78, 5) is 2.22. The number of piperidine rings is 2. The van der Waals surface area contributed by atoms with Crippen LogP contribution in [-0.4, -0.2) is 24.0 Å². The molecule has 3 aliphatic rings.